The minimum Gasteiger partial charge on any atom is -0.502 e. The zero-order chi connectivity index (χ0) is 22.0. The quantitative estimate of drug-likeness (QED) is 0.372. The number of rotatable bonds is 7. The SMILES string of the molecule is CC(C)(C)[Si](C)(C)OCc1cc(=O)c(O)c([C@@H](C[N+](=O)[O-])c2ccc(Cl)cc2)o1. The molecule has 1 aromatic heterocycles. The number of hydrogen-bond acceptors (Lipinski definition) is 6. The maximum atomic E-state index is 12.3. The van der Waals surface area contributed by atoms with E-state index in [1.807, 2.05) is 0 Å². The van der Waals surface area contributed by atoms with Crippen LogP contribution in [0.1, 0.15) is 43.8 Å². The Kier molecular flexibility index (Phi) is 6.92. The van der Waals surface area contributed by atoms with E-state index in [0.29, 0.717) is 10.6 Å². The van der Waals surface area contributed by atoms with Crippen LogP contribution in [0.25, 0.3) is 0 Å². The molecule has 0 aliphatic heterocycles. The number of benzene rings is 1. The van der Waals surface area contributed by atoms with Crippen LogP contribution in [0, 0.1) is 10.1 Å². The normalized spacial score (nSPS) is 13.3. The standard InChI is InChI=1S/C20H26ClNO6Si/c1-20(2,3)29(4,5)27-12-15-10-17(23)18(24)19(28-15)16(11-22(25)26)13-6-8-14(21)9-7-13/h6-10,16,24H,11-12H2,1-5H3/t16-/m0/s1. The molecule has 7 nitrogen and oxygen atoms in total. The van der Waals surface area contributed by atoms with Crippen LogP contribution in [0.4, 0.5) is 0 Å². The molecule has 0 aliphatic carbocycles. The molecule has 2 aromatic rings. The number of nitrogens with zero attached hydrogens (tertiary/aromatic N) is 1. The average Bonchev–Trinajstić information content (AvgIpc) is 2.60. The van der Waals surface area contributed by atoms with Crippen molar-refractivity contribution in [2.75, 3.05) is 6.54 Å². The molecule has 158 valence electrons. The Morgan fingerprint density at radius 3 is 2.38 bits per heavy atom. The zero-order valence-electron chi connectivity index (χ0n) is 17.2. The van der Waals surface area contributed by atoms with Crippen LogP contribution in [-0.4, -0.2) is 24.9 Å². The van der Waals surface area contributed by atoms with Crippen LogP contribution in [-0.2, 0) is 11.0 Å². The molecule has 1 atom stereocenters. The highest BCUT2D eigenvalue weighted by Gasteiger charge is 2.37. The molecule has 0 unspecified atom stereocenters. The Hall–Kier alpha value is -2.16. The summed E-state index contributed by atoms with van der Waals surface area (Å²) in [6.45, 7) is 9.89. The van der Waals surface area contributed by atoms with Crippen molar-refractivity contribution in [3.63, 3.8) is 0 Å². The Balaban J connectivity index is 2.45. The summed E-state index contributed by atoms with van der Waals surface area (Å²) < 4.78 is 11.8. The zero-order valence-corrected chi connectivity index (χ0v) is 18.9. The lowest BCUT2D eigenvalue weighted by Crippen LogP contribution is -2.40. The average molecular weight is 440 g/mol. The second kappa shape index (κ2) is 8.69. The number of halogens is 1. The van der Waals surface area contributed by atoms with Gasteiger partial charge in [0.15, 0.2) is 14.1 Å². The molecular formula is C20H26ClNO6Si. The summed E-state index contributed by atoms with van der Waals surface area (Å²) in [5.74, 6) is -1.51. The second-order valence-corrected chi connectivity index (χ2v) is 13.7. The van der Waals surface area contributed by atoms with Crippen LogP contribution in [0.15, 0.2) is 39.5 Å². The first-order valence-electron chi connectivity index (χ1n) is 9.19. The molecule has 9 heteroatoms. The molecule has 0 amide bonds. The van der Waals surface area contributed by atoms with Gasteiger partial charge in [0, 0.05) is 16.0 Å². The fraction of sp³-hybridized carbons (Fsp3) is 0.450. The van der Waals surface area contributed by atoms with Crippen LogP contribution in [0.2, 0.25) is 23.2 Å². The van der Waals surface area contributed by atoms with Gasteiger partial charge in [-0.05, 0) is 35.8 Å². The Morgan fingerprint density at radius 2 is 1.86 bits per heavy atom. The number of hydrogen-bond donors (Lipinski definition) is 1. The van der Waals surface area contributed by atoms with Gasteiger partial charge in [0.2, 0.25) is 17.7 Å². The van der Waals surface area contributed by atoms with E-state index in [1.54, 1.807) is 24.3 Å². The Labute approximate surface area is 175 Å². The summed E-state index contributed by atoms with van der Waals surface area (Å²) in [5, 5.41) is 22.0. The van der Waals surface area contributed by atoms with Gasteiger partial charge in [-0.3, -0.25) is 14.9 Å². The van der Waals surface area contributed by atoms with Crippen LogP contribution in [0.3, 0.4) is 0 Å². The highest BCUT2D eigenvalue weighted by Crippen LogP contribution is 2.37. The van der Waals surface area contributed by atoms with E-state index in [1.165, 1.54) is 0 Å². The van der Waals surface area contributed by atoms with Crippen LogP contribution < -0.4 is 5.43 Å². The van der Waals surface area contributed by atoms with Gasteiger partial charge in [0.1, 0.15) is 11.7 Å². The van der Waals surface area contributed by atoms with Crippen molar-refractivity contribution in [2.45, 2.75) is 51.4 Å². The lowest BCUT2D eigenvalue weighted by Gasteiger charge is -2.35. The maximum absolute atomic E-state index is 12.3. The predicted octanol–water partition coefficient (Wildman–Crippen LogP) is 4.93. The molecular weight excluding hydrogens is 414 g/mol. The Bertz CT molecular complexity index is 933. The number of nitro groups is 1. The first-order valence-corrected chi connectivity index (χ1v) is 12.5. The summed E-state index contributed by atoms with van der Waals surface area (Å²) in [5.41, 5.74) is -0.158. The topological polar surface area (TPSA) is 103 Å². The molecule has 0 aliphatic rings. The Morgan fingerprint density at radius 1 is 1.28 bits per heavy atom. The van der Waals surface area contributed by atoms with Crippen LogP contribution in [0.5, 0.6) is 5.75 Å². The second-order valence-electron chi connectivity index (χ2n) is 8.46. The molecule has 2 rings (SSSR count). The van der Waals surface area contributed by atoms with Gasteiger partial charge in [-0.1, -0.05) is 44.5 Å². The van der Waals surface area contributed by atoms with E-state index in [-0.39, 0.29) is 23.2 Å². The smallest absolute Gasteiger partial charge is 0.227 e. The van der Waals surface area contributed by atoms with Crippen molar-refractivity contribution >= 4 is 19.9 Å². The maximum Gasteiger partial charge on any atom is 0.227 e. The molecule has 0 spiro atoms. The summed E-state index contributed by atoms with van der Waals surface area (Å²) in [4.78, 5) is 23.0. The lowest BCUT2D eigenvalue weighted by atomic mass is 9.95. The monoisotopic (exact) mass is 439 g/mol. The van der Waals surface area contributed by atoms with Crippen molar-refractivity contribution in [3.8, 4) is 5.75 Å². The van der Waals surface area contributed by atoms with Gasteiger partial charge in [-0.2, -0.15) is 0 Å². The largest absolute Gasteiger partial charge is 0.502 e. The highest BCUT2D eigenvalue weighted by atomic mass is 35.5. The minimum absolute atomic E-state index is 0.0372. The van der Waals surface area contributed by atoms with E-state index in [0.717, 1.165) is 6.07 Å². The summed E-state index contributed by atoms with van der Waals surface area (Å²) >= 11 is 5.90. The third-order valence-corrected chi connectivity index (χ3v) is 10.0. The fourth-order valence-electron chi connectivity index (χ4n) is 2.51. The summed E-state index contributed by atoms with van der Waals surface area (Å²) in [6, 6.07) is 7.55. The third-order valence-electron chi connectivity index (χ3n) is 5.30. The van der Waals surface area contributed by atoms with E-state index in [4.69, 9.17) is 20.4 Å². The van der Waals surface area contributed by atoms with Crippen molar-refractivity contribution in [1.82, 2.24) is 0 Å². The van der Waals surface area contributed by atoms with Gasteiger partial charge in [0.05, 0.1) is 6.61 Å². The van der Waals surface area contributed by atoms with Gasteiger partial charge in [-0.15, -0.1) is 0 Å². The van der Waals surface area contributed by atoms with Crippen LogP contribution >= 0.6 is 11.6 Å². The molecule has 0 bridgehead atoms. The molecule has 0 radical (unpaired) electrons. The molecule has 1 N–H and O–H groups in total. The molecule has 29 heavy (non-hydrogen) atoms. The van der Waals surface area contributed by atoms with Gasteiger partial charge in [0.25, 0.3) is 0 Å². The van der Waals surface area contributed by atoms with Crippen molar-refractivity contribution in [3.05, 3.63) is 72.8 Å². The molecule has 1 heterocycles. The van der Waals surface area contributed by atoms with E-state index in [2.05, 4.69) is 33.9 Å². The van der Waals surface area contributed by atoms with E-state index >= 15 is 0 Å². The highest BCUT2D eigenvalue weighted by molar-refractivity contribution is 6.74. The molecule has 0 saturated carbocycles. The van der Waals surface area contributed by atoms with Gasteiger partial charge in [-0.25, -0.2) is 0 Å². The first-order chi connectivity index (χ1) is 13.3. The van der Waals surface area contributed by atoms with Crippen molar-refractivity contribution in [2.24, 2.45) is 0 Å². The first kappa shape index (κ1) is 23.1. The molecule has 1 aromatic carbocycles. The van der Waals surface area contributed by atoms with E-state index < -0.39 is 36.9 Å². The van der Waals surface area contributed by atoms with Gasteiger partial charge < -0.3 is 13.9 Å². The van der Waals surface area contributed by atoms with Crippen molar-refractivity contribution in [1.29, 1.82) is 0 Å². The lowest BCUT2D eigenvalue weighted by molar-refractivity contribution is -0.482. The minimum atomic E-state index is -2.11. The fourth-order valence-corrected chi connectivity index (χ4v) is 3.58. The molecule has 0 saturated heterocycles. The van der Waals surface area contributed by atoms with E-state index in [9.17, 15) is 20.0 Å². The predicted molar refractivity (Wildman–Crippen MR) is 114 cm³/mol. The summed E-state index contributed by atoms with van der Waals surface area (Å²) in [6.07, 6.45) is 0. The van der Waals surface area contributed by atoms with Crippen molar-refractivity contribution < 1.29 is 18.9 Å². The number of aromatic hydroxyl groups is 1. The molecule has 0 fully saturated rings. The summed E-state index contributed by atoms with van der Waals surface area (Å²) in [7, 11) is -2.11. The third kappa shape index (κ3) is 5.68. The van der Waals surface area contributed by atoms with Gasteiger partial charge >= 0.3 is 0 Å².